The van der Waals surface area contributed by atoms with Gasteiger partial charge in [-0.2, -0.15) is 13.2 Å². The molecule has 28 heavy (non-hydrogen) atoms. The maximum absolute atomic E-state index is 12.7. The van der Waals surface area contributed by atoms with Gasteiger partial charge in [0.1, 0.15) is 6.04 Å². The molecule has 152 valence electrons. The Kier molecular flexibility index (Phi) is 5.87. The molecule has 3 rings (SSSR count). The fourth-order valence-corrected chi connectivity index (χ4v) is 3.56. The van der Waals surface area contributed by atoms with E-state index in [0.717, 1.165) is 0 Å². The summed E-state index contributed by atoms with van der Waals surface area (Å²) in [4.78, 5) is 27.9. The third kappa shape index (κ3) is 4.61. The topological polar surface area (TPSA) is 91.6 Å². The third-order valence-corrected chi connectivity index (χ3v) is 5.23. The molecule has 3 heterocycles. The van der Waals surface area contributed by atoms with Crippen LogP contribution in [0.3, 0.4) is 0 Å². The number of carbonyl (C=O) groups is 2. The highest BCUT2D eigenvalue weighted by Crippen LogP contribution is 2.34. The Morgan fingerprint density at radius 3 is 2.68 bits per heavy atom. The average Bonchev–Trinajstić information content (AvgIpc) is 3.29. The molecule has 1 atom stereocenters. The summed E-state index contributed by atoms with van der Waals surface area (Å²) in [5, 5.41) is 8.59. The average molecular weight is 417 g/mol. The van der Waals surface area contributed by atoms with Crippen LogP contribution in [0.2, 0.25) is 0 Å². The molecule has 0 saturated carbocycles. The quantitative estimate of drug-likeness (QED) is 0.818. The number of alkyl halides is 3. The molecule has 8 nitrogen and oxygen atoms in total. The van der Waals surface area contributed by atoms with Crippen LogP contribution >= 0.6 is 11.3 Å². The number of hydrogen-bond acceptors (Lipinski definition) is 7. The first-order valence-electron chi connectivity index (χ1n) is 8.54. The first-order chi connectivity index (χ1) is 13.3. The van der Waals surface area contributed by atoms with Gasteiger partial charge in [0.2, 0.25) is 16.0 Å². The number of halogens is 3. The van der Waals surface area contributed by atoms with Gasteiger partial charge in [0.25, 0.3) is 5.91 Å². The van der Waals surface area contributed by atoms with Gasteiger partial charge in [0, 0.05) is 26.2 Å². The van der Waals surface area contributed by atoms with Crippen molar-refractivity contribution in [3.8, 4) is 0 Å². The van der Waals surface area contributed by atoms with E-state index in [1.165, 1.54) is 12.3 Å². The Bertz CT molecular complexity index is 824. The van der Waals surface area contributed by atoms with Crippen LogP contribution in [-0.4, -0.2) is 59.1 Å². The molecular formula is C16H18F3N5O3S. The van der Waals surface area contributed by atoms with Crippen LogP contribution in [0.1, 0.15) is 28.9 Å². The summed E-state index contributed by atoms with van der Waals surface area (Å²) in [6, 6.07) is 2.30. The molecule has 12 heteroatoms. The molecule has 0 aromatic carbocycles. The summed E-state index contributed by atoms with van der Waals surface area (Å²) in [6.45, 7) is 3.11. The van der Waals surface area contributed by atoms with Crippen molar-refractivity contribution in [2.24, 2.45) is 0 Å². The zero-order valence-electron chi connectivity index (χ0n) is 14.9. The predicted octanol–water partition coefficient (Wildman–Crippen LogP) is 2.01. The first kappa shape index (κ1) is 20.1. The Hall–Kier alpha value is -2.63. The second-order valence-electron chi connectivity index (χ2n) is 6.23. The molecule has 1 fully saturated rings. The number of amides is 2. The number of nitrogens with one attached hydrogen (secondary N) is 1. The SMILES string of the molecule is C[C@H](NC(=O)c1ccco1)C(=O)N1CCCN(c2nnc(C(F)(F)F)s2)CC1. The molecular weight excluding hydrogens is 399 g/mol. The van der Waals surface area contributed by atoms with E-state index in [1.54, 1.807) is 22.8 Å². The second kappa shape index (κ2) is 8.17. The lowest BCUT2D eigenvalue weighted by Crippen LogP contribution is -2.48. The normalized spacial score (nSPS) is 16.6. The van der Waals surface area contributed by atoms with Crippen molar-refractivity contribution in [3.63, 3.8) is 0 Å². The molecule has 1 aliphatic heterocycles. The highest BCUT2D eigenvalue weighted by molar-refractivity contribution is 7.15. The van der Waals surface area contributed by atoms with E-state index in [9.17, 15) is 22.8 Å². The van der Waals surface area contributed by atoms with Gasteiger partial charge in [0.15, 0.2) is 5.76 Å². The Balaban J connectivity index is 1.57. The van der Waals surface area contributed by atoms with E-state index in [4.69, 9.17) is 4.42 Å². The van der Waals surface area contributed by atoms with Gasteiger partial charge in [-0.25, -0.2) is 0 Å². The van der Waals surface area contributed by atoms with Crippen LogP contribution in [0.4, 0.5) is 18.3 Å². The predicted molar refractivity (Wildman–Crippen MR) is 94.0 cm³/mol. The van der Waals surface area contributed by atoms with E-state index >= 15 is 0 Å². The molecule has 0 radical (unpaired) electrons. The standard InChI is InChI=1S/C16H18F3N5O3S/c1-10(20-12(25)11-4-2-9-27-11)13(26)23-5-3-6-24(8-7-23)15-22-21-14(28-15)16(17,18)19/h2,4,9-10H,3,5-8H2,1H3,(H,20,25)/t10-/m0/s1. The van der Waals surface area contributed by atoms with Crippen LogP contribution in [0.5, 0.6) is 0 Å². The van der Waals surface area contributed by atoms with E-state index in [-0.39, 0.29) is 16.8 Å². The first-order valence-corrected chi connectivity index (χ1v) is 9.36. The number of carbonyl (C=O) groups excluding carboxylic acids is 2. The molecule has 0 aliphatic carbocycles. The molecule has 2 amide bonds. The largest absolute Gasteiger partial charge is 0.459 e. The molecule has 2 aromatic rings. The summed E-state index contributed by atoms with van der Waals surface area (Å²) in [5.41, 5.74) is 0. The lowest BCUT2D eigenvalue weighted by atomic mass is 10.2. The van der Waals surface area contributed by atoms with E-state index in [2.05, 4.69) is 15.5 Å². The van der Waals surface area contributed by atoms with Gasteiger partial charge in [-0.1, -0.05) is 11.3 Å². The molecule has 0 unspecified atom stereocenters. The van der Waals surface area contributed by atoms with Crippen molar-refractivity contribution in [2.45, 2.75) is 25.6 Å². The summed E-state index contributed by atoms with van der Waals surface area (Å²) in [5.74, 6) is -0.649. The summed E-state index contributed by atoms with van der Waals surface area (Å²) < 4.78 is 43.1. The van der Waals surface area contributed by atoms with Crippen molar-refractivity contribution in [2.75, 3.05) is 31.1 Å². The van der Waals surface area contributed by atoms with E-state index in [0.29, 0.717) is 43.9 Å². The van der Waals surface area contributed by atoms with Gasteiger partial charge in [0.05, 0.1) is 6.26 Å². The summed E-state index contributed by atoms with van der Waals surface area (Å²) >= 11 is 0.486. The van der Waals surface area contributed by atoms with E-state index in [1.807, 2.05) is 0 Å². The Morgan fingerprint density at radius 2 is 2.04 bits per heavy atom. The van der Waals surface area contributed by atoms with Crippen LogP contribution in [0, 0.1) is 0 Å². The number of furan rings is 1. The Labute approximate surface area is 162 Å². The highest BCUT2D eigenvalue weighted by atomic mass is 32.1. The van der Waals surface area contributed by atoms with Crippen molar-refractivity contribution in [3.05, 3.63) is 29.2 Å². The second-order valence-corrected chi connectivity index (χ2v) is 7.18. The number of aromatic nitrogens is 2. The molecule has 0 bridgehead atoms. The minimum atomic E-state index is -4.52. The maximum Gasteiger partial charge on any atom is 0.445 e. The third-order valence-electron chi connectivity index (χ3n) is 4.20. The maximum atomic E-state index is 12.7. The Morgan fingerprint density at radius 1 is 1.25 bits per heavy atom. The lowest BCUT2D eigenvalue weighted by Gasteiger charge is -2.24. The van der Waals surface area contributed by atoms with Crippen LogP contribution in [0.25, 0.3) is 0 Å². The van der Waals surface area contributed by atoms with Gasteiger partial charge in [-0.05, 0) is 25.5 Å². The van der Waals surface area contributed by atoms with Crippen LogP contribution in [0.15, 0.2) is 22.8 Å². The van der Waals surface area contributed by atoms with Gasteiger partial charge < -0.3 is 19.5 Å². The molecule has 1 saturated heterocycles. The number of hydrogen-bond donors (Lipinski definition) is 1. The fraction of sp³-hybridized carbons (Fsp3) is 0.500. The number of nitrogens with zero attached hydrogens (tertiary/aromatic N) is 4. The molecule has 1 N–H and O–H groups in total. The minimum Gasteiger partial charge on any atom is -0.459 e. The minimum absolute atomic E-state index is 0.110. The summed E-state index contributed by atoms with van der Waals surface area (Å²) in [6.07, 6.45) is -2.60. The summed E-state index contributed by atoms with van der Waals surface area (Å²) in [7, 11) is 0. The molecule has 1 aliphatic rings. The van der Waals surface area contributed by atoms with Gasteiger partial charge in [-0.15, -0.1) is 10.2 Å². The smallest absolute Gasteiger partial charge is 0.445 e. The van der Waals surface area contributed by atoms with Crippen molar-refractivity contribution < 1.29 is 27.2 Å². The van der Waals surface area contributed by atoms with Crippen LogP contribution < -0.4 is 10.2 Å². The van der Waals surface area contributed by atoms with Crippen molar-refractivity contribution >= 4 is 28.3 Å². The number of anilines is 1. The van der Waals surface area contributed by atoms with Gasteiger partial charge >= 0.3 is 6.18 Å². The zero-order valence-corrected chi connectivity index (χ0v) is 15.7. The molecule has 2 aromatic heterocycles. The lowest BCUT2D eigenvalue weighted by molar-refractivity contribution is -0.138. The van der Waals surface area contributed by atoms with Crippen molar-refractivity contribution in [1.29, 1.82) is 0 Å². The number of rotatable bonds is 4. The van der Waals surface area contributed by atoms with Crippen molar-refractivity contribution in [1.82, 2.24) is 20.4 Å². The zero-order chi connectivity index (χ0) is 20.3. The molecule has 0 spiro atoms. The van der Waals surface area contributed by atoms with Crippen LogP contribution in [-0.2, 0) is 11.0 Å². The monoisotopic (exact) mass is 417 g/mol. The van der Waals surface area contributed by atoms with E-state index < -0.39 is 23.1 Å². The fourth-order valence-electron chi connectivity index (χ4n) is 2.80. The highest BCUT2D eigenvalue weighted by Gasteiger charge is 2.36. The van der Waals surface area contributed by atoms with Gasteiger partial charge in [-0.3, -0.25) is 9.59 Å².